The summed E-state index contributed by atoms with van der Waals surface area (Å²) in [6.07, 6.45) is 0. The van der Waals surface area contributed by atoms with Crippen LogP contribution in [0.15, 0.2) is 18.2 Å². The second-order valence-corrected chi connectivity index (χ2v) is 4.44. The maximum Gasteiger partial charge on any atom is 0.243 e. The molecule has 3 amide bonds. The van der Waals surface area contributed by atoms with E-state index < -0.39 is 29.4 Å². The summed E-state index contributed by atoms with van der Waals surface area (Å²) in [5.74, 6) is -3.30. The molecule has 9 heteroatoms. The summed E-state index contributed by atoms with van der Waals surface area (Å²) in [5.41, 5.74) is 5.01. The van der Waals surface area contributed by atoms with Crippen molar-refractivity contribution in [1.82, 2.24) is 10.2 Å². The molecule has 0 atom stereocenters. The molecule has 22 heavy (non-hydrogen) atoms. The molecule has 0 aliphatic carbocycles. The van der Waals surface area contributed by atoms with Gasteiger partial charge >= 0.3 is 0 Å². The number of nitrogens with zero attached hydrogens (tertiary/aromatic N) is 1. The van der Waals surface area contributed by atoms with Gasteiger partial charge in [-0.25, -0.2) is 8.78 Å². The number of rotatable bonds is 6. The Morgan fingerprint density at radius 1 is 1.14 bits per heavy atom. The largest absolute Gasteiger partial charge is 0.346 e. The fourth-order valence-electron chi connectivity index (χ4n) is 1.51. The van der Waals surface area contributed by atoms with Crippen LogP contribution in [-0.4, -0.2) is 49.3 Å². The first-order valence-electron chi connectivity index (χ1n) is 6.28. The van der Waals surface area contributed by atoms with Gasteiger partial charge in [0.2, 0.25) is 17.7 Å². The van der Waals surface area contributed by atoms with E-state index in [1.807, 2.05) is 0 Å². The molecule has 0 spiro atoms. The van der Waals surface area contributed by atoms with Gasteiger partial charge in [-0.05, 0) is 12.1 Å². The molecule has 120 valence electrons. The first-order valence-corrected chi connectivity index (χ1v) is 6.28. The summed E-state index contributed by atoms with van der Waals surface area (Å²) in [6.45, 7) is -0.882. The van der Waals surface area contributed by atoms with Crippen LogP contribution in [0.1, 0.15) is 0 Å². The molecule has 1 aromatic carbocycles. The van der Waals surface area contributed by atoms with Crippen molar-refractivity contribution in [2.24, 2.45) is 5.73 Å². The number of hydrogen-bond acceptors (Lipinski definition) is 4. The van der Waals surface area contributed by atoms with Gasteiger partial charge in [0, 0.05) is 18.8 Å². The second-order valence-electron chi connectivity index (χ2n) is 4.44. The molecule has 0 fully saturated rings. The van der Waals surface area contributed by atoms with Crippen molar-refractivity contribution in [2.45, 2.75) is 0 Å². The molecular formula is C13H16F2N4O3. The molecule has 1 rings (SSSR count). The van der Waals surface area contributed by atoms with E-state index in [2.05, 4.69) is 10.6 Å². The molecule has 0 saturated carbocycles. The van der Waals surface area contributed by atoms with Crippen LogP contribution in [0.5, 0.6) is 0 Å². The Labute approximate surface area is 125 Å². The molecule has 0 aliphatic heterocycles. The van der Waals surface area contributed by atoms with Crippen LogP contribution < -0.4 is 16.4 Å². The van der Waals surface area contributed by atoms with E-state index in [4.69, 9.17) is 5.73 Å². The number of nitrogens with two attached hydrogens (primary N) is 1. The molecule has 4 N–H and O–H groups in total. The summed E-state index contributed by atoms with van der Waals surface area (Å²) in [7, 11) is 1.35. The van der Waals surface area contributed by atoms with Gasteiger partial charge in [-0.1, -0.05) is 0 Å². The highest BCUT2D eigenvalue weighted by molar-refractivity contribution is 5.95. The molecule has 0 radical (unpaired) electrons. The molecular weight excluding hydrogens is 298 g/mol. The predicted molar refractivity (Wildman–Crippen MR) is 74.7 cm³/mol. The molecule has 0 unspecified atom stereocenters. The Kier molecular flexibility index (Phi) is 6.39. The lowest BCUT2D eigenvalue weighted by Gasteiger charge is -2.17. The van der Waals surface area contributed by atoms with Gasteiger partial charge < -0.3 is 21.3 Å². The zero-order chi connectivity index (χ0) is 16.7. The minimum absolute atomic E-state index is 0.0558. The van der Waals surface area contributed by atoms with Crippen LogP contribution in [0.2, 0.25) is 0 Å². The molecule has 0 saturated heterocycles. The minimum atomic E-state index is -0.829. The second kappa shape index (κ2) is 8.03. The van der Waals surface area contributed by atoms with E-state index in [-0.39, 0.29) is 25.3 Å². The van der Waals surface area contributed by atoms with Crippen LogP contribution in [0.3, 0.4) is 0 Å². The summed E-state index contributed by atoms with van der Waals surface area (Å²) < 4.78 is 25.9. The SMILES string of the molecule is CN(CC(=O)Nc1cc(F)cc(F)c1)C(=O)CNC(=O)CN. The van der Waals surface area contributed by atoms with Crippen molar-refractivity contribution in [1.29, 1.82) is 0 Å². The molecule has 1 aromatic rings. The van der Waals surface area contributed by atoms with Gasteiger partial charge in [0.25, 0.3) is 0 Å². The quantitative estimate of drug-likeness (QED) is 0.654. The zero-order valence-electron chi connectivity index (χ0n) is 11.9. The van der Waals surface area contributed by atoms with E-state index in [0.717, 1.165) is 17.0 Å². The van der Waals surface area contributed by atoms with Crippen molar-refractivity contribution in [3.63, 3.8) is 0 Å². The number of carbonyl (C=O) groups excluding carboxylic acids is 3. The first-order chi connectivity index (χ1) is 10.3. The average Bonchev–Trinajstić information content (AvgIpc) is 2.42. The number of hydrogen-bond donors (Lipinski definition) is 3. The van der Waals surface area contributed by atoms with Crippen molar-refractivity contribution in [3.05, 3.63) is 29.8 Å². The number of likely N-dealkylation sites (N-methyl/N-ethyl adjacent to an activating group) is 1. The fourth-order valence-corrected chi connectivity index (χ4v) is 1.51. The van der Waals surface area contributed by atoms with Crippen LogP contribution in [0.25, 0.3) is 0 Å². The Balaban J connectivity index is 2.49. The number of carbonyl (C=O) groups is 3. The van der Waals surface area contributed by atoms with Crippen molar-refractivity contribution in [2.75, 3.05) is 32.0 Å². The topological polar surface area (TPSA) is 105 Å². The molecule has 7 nitrogen and oxygen atoms in total. The lowest BCUT2D eigenvalue weighted by molar-refractivity contribution is -0.134. The van der Waals surface area contributed by atoms with Gasteiger partial charge in [0.1, 0.15) is 11.6 Å². The summed E-state index contributed by atoms with van der Waals surface area (Å²) in [4.78, 5) is 35.3. The normalized spacial score (nSPS) is 10.0. The van der Waals surface area contributed by atoms with E-state index in [1.165, 1.54) is 7.05 Å². The number of halogens is 2. The number of benzene rings is 1. The van der Waals surface area contributed by atoms with E-state index in [9.17, 15) is 23.2 Å². The lowest BCUT2D eigenvalue weighted by atomic mass is 10.3. The van der Waals surface area contributed by atoms with E-state index in [0.29, 0.717) is 6.07 Å². The Hall–Kier alpha value is -2.55. The monoisotopic (exact) mass is 314 g/mol. The highest BCUT2D eigenvalue weighted by Crippen LogP contribution is 2.12. The Morgan fingerprint density at radius 2 is 1.73 bits per heavy atom. The number of nitrogens with one attached hydrogen (secondary N) is 2. The third kappa shape index (κ3) is 5.83. The smallest absolute Gasteiger partial charge is 0.243 e. The van der Waals surface area contributed by atoms with E-state index >= 15 is 0 Å². The van der Waals surface area contributed by atoms with Gasteiger partial charge in [-0.3, -0.25) is 14.4 Å². The van der Waals surface area contributed by atoms with Crippen LogP contribution >= 0.6 is 0 Å². The standard InChI is InChI=1S/C13H16F2N4O3/c1-19(13(22)6-17-11(20)5-16)7-12(21)18-10-3-8(14)2-9(15)4-10/h2-4H,5-7,16H2,1H3,(H,17,20)(H,18,21). The first kappa shape index (κ1) is 17.5. The van der Waals surface area contributed by atoms with Crippen molar-refractivity contribution >= 4 is 23.4 Å². The number of amides is 3. The van der Waals surface area contributed by atoms with Gasteiger partial charge in [-0.15, -0.1) is 0 Å². The van der Waals surface area contributed by atoms with Crippen LogP contribution in [-0.2, 0) is 14.4 Å². The van der Waals surface area contributed by atoms with Gasteiger partial charge in [-0.2, -0.15) is 0 Å². The van der Waals surface area contributed by atoms with Crippen LogP contribution in [0.4, 0.5) is 14.5 Å². The molecule has 0 aromatic heterocycles. The summed E-state index contributed by atoms with van der Waals surface area (Å²) >= 11 is 0. The average molecular weight is 314 g/mol. The van der Waals surface area contributed by atoms with Gasteiger partial charge in [0.05, 0.1) is 19.6 Å². The molecule has 0 bridgehead atoms. The Morgan fingerprint density at radius 3 is 2.27 bits per heavy atom. The third-order valence-electron chi connectivity index (χ3n) is 2.58. The summed E-state index contributed by atoms with van der Waals surface area (Å²) in [6, 6.07) is 2.57. The maximum atomic E-state index is 13.0. The van der Waals surface area contributed by atoms with Gasteiger partial charge in [0.15, 0.2) is 0 Å². The molecule has 0 heterocycles. The Bertz CT molecular complexity index is 560. The summed E-state index contributed by atoms with van der Waals surface area (Å²) in [5, 5.41) is 4.53. The third-order valence-corrected chi connectivity index (χ3v) is 2.58. The van der Waals surface area contributed by atoms with E-state index in [1.54, 1.807) is 0 Å². The maximum absolute atomic E-state index is 13.0. The van der Waals surface area contributed by atoms with Crippen LogP contribution in [0, 0.1) is 11.6 Å². The molecule has 0 aliphatic rings. The predicted octanol–water partition coefficient (Wildman–Crippen LogP) is -0.563. The fraction of sp³-hybridized carbons (Fsp3) is 0.308. The lowest BCUT2D eigenvalue weighted by Crippen LogP contribution is -2.42. The highest BCUT2D eigenvalue weighted by Gasteiger charge is 2.14. The van der Waals surface area contributed by atoms with Crippen molar-refractivity contribution < 1.29 is 23.2 Å². The number of anilines is 1. The minimum Gasteiger partial charge on any atom is -0.346 e. The zero-order valence-corrected chi connectivity index (χ0v) is 11.9. The van der Waals surface area contributed by atoms with Crippen molar-refractivity contribution in [3.8, 4) is 0 Å². The highest BCUT2D eigenvalue weighted by atomic mass is 19.1.